The predicted octanol–water partition coefficient (Wildman–Crippen LogP) is 19.0. The number of para-hydroxylation sites is 2. The molecule has 0 bridgehead atoms. The van der Waals surface area contributed by atoms with Crippen molar-refractivity contribution in [2.45, 2.75) is 97.3 Å². The van der Waals surface area contributed by atoms with Crippen LogP contribution in [0.1, 0.15) is 112 Å². The average molecular weight is 1020 g/mol. The van der Waals surface area contributed by atoms with E-state index in [0.717, 1.165) is 40.8 Å². The van der Waals surface area contributed by atoms with Crippen LogP contribution in [0.15, 0.2) is 217 Å². The summed E-state index contributed by atoms with van der Waals surface area (Å²) in [6.07, 6.45) is 4.44. The zero-order valence-corrected chi connectivity index (χ0v) is 46.9. The van der Waals surface area contributed by atoms with Gasteiger partial charge in [-0.1, -0.05) is 219 Å². The first-order chi connectivity index (χ1) is 38.4. The van der Waals surface area contributed by atoms with Crippen LogP contribution in [0.5, 0.6) is 0 Å². The quantitative estimate of drug-likeness (QED) is 0.127. The van der Waals surface area contributed by atoms with Crippen LogP contribution in [-0.4, -0.2) is 6.85 Å². The average Bonchev–Trinajstić information content (AvgIpc) is 4.05. The van der Waals surface area contributed by atoms with Gasteiger partial charge in [0.2, 0.25) is 0 Å². The molecule has 10 aromatic carbocycles. The third-order valence-corrected chi connectivity index (χ3v) is 18.2. The molecule has 79 heavy (non-hydrogen) atoms. The molecule has 1 aromatic heterocycles. The topological polar surface area (TPSA) is 19.6 Å². The van der Waals surface area contributed by atoms with Gasteiger partial charge < -0.3 is 14.1 Å². The molecule has 0 radical (unpaired) electrons. The molecule has 0 aliphatic carbocycles. The molecule has 11 aromatic rings. The number of fused-ring (bicyclic) bond motifs is 10. The highest BCUT2D eigenvalue weighted by Gasteiger charge is 2.54. The lowest BCUT2D eigenvalue weighted by atomic mass is 9.41. The maximum atomic E-state index is 7.72. The Morgan fingerprint density at radius 1 is 0.506 bits per heavy atom. The van der Waals surface area contributed by atoms with Gasteiger partial charge in [0.25, 0.3) is 0 Å². The zero-order chi connectivity index (χ0) is 54.0. The van der Waals surface area contributed by atoms with Crippen LogP contribution >= 0.6 is 0 Å². The van der Waals surface area contributed by atoms with Gasteiger partial charge in [0.15, 0.2) is 0 Å². The molecule has 3 aliphatic rings. The number of benzene rings is 10. The third kappa shape index (κ3) is 7.33. The Bertz CT molecular complexity index is 4160. The Balaban J connectivity index is 1.17. The lowest BCUT2D eigenvalue weighted by molar-refractivity contribution is 0.454. The van der Waals surface area contributed by atoms with Gasteiger partial charge in [-0.3, -0.25) is 0 Å². The van der Waals surface area contributed by atoms with Crippen LogP contribution in [0.3, 0.4) is 0 Å². The molecule has 0 spiro atoms. The largest absolute Gasteiger partial charge is 0.456 e. The van der Waals surface area contributed by atoms with Crippen molar-refractivity contribution >= 4 is 68.1 Å². The molecule has 4 heterocycles. The molecule has 0 saturated heterocycles. The molecule has 4 heteroatoms. The van der Waals surface area contributed by atoms with Crippen molar-refractivity contribution in [3.05, 3.63) is 257 Å². The first kappa shape index (κ1) is 49.0. The van der Waals surface area contributed by atoms with E-state index in [2.05, 4.69) is 277 Å². The summed E-state index contributed by atoms with van der Waals surface area (Å²) in [6, 6.07) is 80.9. The van der Waals surface area contributed by atoms with E-state index < -0.39 is 5.41 Å². The summed E-state index contributed by atoms with van der Waals surface area (Å²) in [4.78, 5) is 5.36. The van der Waals surface area contributed by atoms with Gasteiger partial charge in [-0.05, 0) is 157 Å². The Labute approximate surface area is 467 Å². The minimum Gasteiger partial charge on any atom is -0.456 e. The van der Waals surface area contributed by atoms with Gasteiger partial charge in [0, 0.05) is 50.1 Å². The molecular formula is C75H67BN2O. The number of nitrogens with zero attached hydrogens (tertiary/aromatic N) is 2. The lowest BCUT2D eigenvalue weighted by Gasteiger charge is -2.53. The van der Waals surface area contributed by atoms with Crippen molar-refractivity contribution in [2.75, 3.05) is 9.71 Å². The maximum absolute atomic E-state index is 7.72. The van der Waals surface area contributed by atoms with E-state index in [0.29, 0.717) is 0 Å². The minimum absolute atomic E-state index is 0.00848. The summed E-state index contributed by atoms with van der Waals surface area (Å²) in [5.41, 5.74) is 27.1. The number of rotatable bonds is 10. The number of unbranched alkanes of at least 4 members (excludes halogenated alkanes) is 1. The standard InChI is InChI=1S/C75H67BN2O/c1-9-11-42-74(7,8)63-47-68-59(43-49(63)10-2)57-39-41-66-70(72(57)79-68)76-69-60(56-34-25-36-62-71(56)78(76)65-37-24-23-35-61(65)75(62,52-29-17-13-18-30-52)53-31-19-14-20-32-53)44-51(55-33-22-21-26-48(55)3)45-67(69)77(66)64-40-38-54(73(4,5)6)46-58(64)50-27-15-12-16-28-50/h12-41,43-47H,9-11,42H2,1-8H3. The predicted molar refractivity (Wildman–Crippen MR) is 336 cm³/mol. The van der Waals surface area contributed by atoms with Crippen LogP contribution in [0.4, 0.5) is 28.4 Å². The summed E-state index contributed by atoms with van der Waals surface area (Å²) in [6.45, 7) is 18.4. The molecule has 3 aliphatic heterocycles. The van der Waals surface area contributed by atoms with Crippen molar-refractivity contribution < 1.29 is 4.42 Å². The Morgan fingerprint density at radius 3 is 1.87 bits per heavy atom. The maximum Gasteiger partial charge on any atom is 0.336 e. The van der Waals surface area contributed by atoms with Gasteiger partial charge in [0.05, 0.1) is 11.1 Å². The fourth-order valence-electron chi connectivity index (χ4n) is 14.3. The molecular weight excluding hydrogens is 956 g/mol. The van der Waals surface area contributed by atoms with Crippen molar-refractivity contribution in [1.29, 1.82) is 0 Å². The SMILES string of the molecule is CCCCC(C)(C)c1cc2oc3c4c(ccc3c2cc1CC)N(c1ccc(C(C)(C)C)cc1-c1ccccc1)c1cc(-c2ccccc2C)cc2c1B4N1c3ccccc3C(c3ccccc3)(c3ccccc3)c3cccc-2c31. The third-order valence-electron chi connectivity index (χ3n) is 18.2. The molecule has 14 rings (SSSR count). The second-order valence-electron chi connectivity index (χ2n) is 24.3. The summed E-state index contributed by atoms with van der Waals surface area (Å²) < 4.78 is 7.72. The molecule has 0 N–H and O–H groups in total. The van der Waals surface area contributed by atoms with E-state index >= 15 is 0 Å². The smallest absolute Gasteiger partial charge is 0.336 e. The first-order valence-corrected chi connectivity index (χ1v) is 28.8. The van der Waals surface area contributed by atoms with Crippen molar-refractivity contribution in [3.8, 4) is 33.4 Å². The molecule has 386 valence electrons. The van der Waals surface area contributed by atoms with Crippen LogP contribution < -0.4 is 20.6 Å². The van der Waals surface area contributed by atoms with Gasteiger partial charge in [-0.2, -0.15) is 0 Å². The van der Waals surface area contributed by atoms with Gasteiger partial charge >= 0.3 is 6.85 Å². The Kier molecular flexibility index (Phi) is 11.4. The van der Waals surface area contributed by atoms with E-state index in [1.54, 1.807) is 0 Å². The lowest BCUT2D eigenvalue weighted by Crippen LogP contribution is -2.63. The van der Waals surface area contributed by atoms with Crippen molar-refractivity contribution in [1.82, 2.24) is 0 Å². The number of anilines is 5. The molecule has 0 fully saturated rings. The minimum atomic E-state index is -0.638. The second kappa shape index (κ2) is 18.4. The van der Waals surface area contributed by atoms with Crippen LogP contribution in [0.2, 0.25) is 0 Å². The van der Waals surface area contributed by atoms with Gasteiger partial charge in [-0.15, -0.1) is 0 Å². The second-order valence-corrected chi connectivity index (χ2v) is 24.3. The van der Waals surface area contributed by atoms with E-state index in [4.69, 9.17) is 4.42 Å². The van der Waals surface area contributed by atoms with E-state index in [-0.39, 0.29) is 17.7 Å². The number of hydrogen-bond donors (Lipinski definition) is 0. The van der Waals surface area contributed by atoms with Crippen LogP contribution in [-0.2, 0) is 22.7 Å². The first-order valence-electron chi connectivity index (χ1n) is 28.8. The molecule has 0 atom stereocenters. The fraction of sp³-hybridized carbons (Fsp3) is 0.200. The van der Waals surface area contributed by atoms with E-state index in [1.807, 2.05) is 0 Å². The molecule has 0 saturated carbocycles. The molecule has 0 unspecified atom stereocenters. The van der Waals surface area contributed by atoms with Crippen molar-refractivity contribution in [3.63, 3.8) is 0 Å². The summed E-state index contributed by atoms with van der Waals surface area (Å²) in [5, 5.41) is 2.33. The summed E-state index contributed by atoms with van der Waals surface area (Å²) in [5.74, 6) is 0. The zero-order valence-electron chi connectivity index (χ0n) is 46.9. The highest BCUT2D eigenvalue weighted by Crippen LogP contribution is 2.61. The van der Waals surface area contributed by atoms with Gasteiger partial charge in [0.1, 0.15) is 11.2 Å². The normalized spacial score (nSPS) is 14.1. The Morgan fingerprint density at radius 2 is 1.16 bits per heavy atom. The monoisotopic (exact) mass is 1020 g/mol. The van der Waals surface area contributed by atoms with Crippen LogP contribution in [0, 0.1) is 6.92 Å². The summed E-state index contributed by atoms with van der Waals surface area (Å²) >= 11 is 0. The number of aryl methyl sites for hydroxylation is 2. The van der Waals surface area contributed by atoms with Crippen molar-refractivity contribution in [2.24, 2.45) is 0 Å². The van der Waals surface area contributed by atoms with E-state index in [1.165, 1.54) is 124 Å². The van der Waals surface area contributed by atoms with E-state index in [9.17, 15) is 0 Å². The van der Waals surface area contributed by atoms with Crippen LogP contribution in [0.25, 0.3) is 55.3 Å². The molecule has 3 nitrogen and oxygen atoms in total. The highest BCUT2D eigenvalue weighted by atomic mass is 16.3. The van der Waals surface area contributed by atoms with Gasteiger partial charge in [-0.25, -0.2) is 0 Å². The fourth-order valence-corrected chi connectivity index (χ4v) is 14.3. The Hall–Kier alpha value is -8.34. The number of furan rings is 1. The molecule has 0 amide bonds. The number of hydrogen-bond acceptors (Lipinski definition) is 3. The highest BCUT2D eigenvalue weighted by molar-refractivity contribution is 6.95. The summed E-state index contributed by atoms with van der Waals surface area (Å²) in [7, 11) is 0.